The highest BCUT2D eigenvalue weighted by Crippen LogP contribution is 2.63. The molecule has 9 nitrogen and oxygen atoms in total. The van der Waals surface area contributed by atoms with Crippen LogP contribution < -0.4 is 10.3 Å². The second-order valence-electron chi connectivity index (χ2n) is 10.5. The van der Waals surface area contributed by atoms with Crippen LogP contribution in [-0.2, 0) is 15.0 Å². The second kappa shape index (κ2) is 9.46. The average molecular weight is 577 g/mol. The fraction of sp³-hybridized carbons (Fsp3) is 0.125. The van der Waals surface area contributed by atoms with Crippen molar-refractivity contribution in [2.45, 2.75) is 11.3 Å². The van der Waals surface area contributed by atoms with E-state index in [1.807, 2.05) is 48.5 Å². The summed E-state index contributed by atoms with van der Waals surface area (Å²) in [5.41, 5.74) is 4.43. The van der Waals surface area contributed by atoms with Crippen LogP contribution in [0.5, 0.6) is 0 Å². The van der Waals surface area contributed by atoms with Crippen LogP contribution in [0.4, 0.5) is 11.4 Å². The number of rotatable bonds is 5. The van der Waals surface area contributed by atoms with Gasteiger partial charge in [-0.05, 0) is 40.5 Å². The summed E-state index contributed by atoms with van der Waals surface area (Å²) in [6.07, 6.45) is 1.51. The molecule has 1 saturated heterocycles. The molecule has 0 aromatic heterocycles. The highest BCUT2D eigenvalue weighted by Gasteiger charge is 2.68. The van der Waals surface area contributed by atoms with Gasteiger partial charge in [0.05, 0.1) is 32.9 Å². The van der Waals surface area contributed by atoms with Crippen molar-refractivity contribution in [2.24, 2.45) is 16.9 Å². The Morgan fingerprint density at radius 3 is 2.14 bits per heavy atom. The summed E-state index contributed by atoms with van der Waals surface area (Å²) in [7, 11) is 0. The van der Waals surface area contributed by atoms with Crippen molar-refractivity contribution in [3.63, 3.8) is 0 Å². The molecular weight excluding hydrogens is 556 g/mol. The number of hydrogen-bond acceptors (Lipinski definition) is 6. The number of benzene rings is 4. The fourth-order valence-electron chi connectivity index (χ4n) is 7.00. The minimum atomic E-state index is -1.22. The van der Waals surface area contributed by atoms with Gasteiger partial charge in [-0.1, -0.05) is 84.4 Å². The van der Waals surface area contributed by atoms with Gasteiger partial charge in [-0.25, -0.2) is 10.3 Å². The molecule has 3 aliphatic carbocycles. The molecule has 4 aromatic rings. The van der Waals surface area contributed by atoms with E-state index in [9.17, 15) is 24.5 Å². The topological polar surface area (TPSA) is 122 Å². The number of amides is 3. The predicted octanol–water partition coefficient (Wildman–Crippen LogP) is 5.21. The van der Waals surface area contributed by atoms with Gasteiger partial charge < -0.3 is 0 Å². The number of carbonyl (C=O) groups excluding carboxylic acids is 3. The molecule has 206 valence electrons. The van der Waals surface area contributed by atoms with E-state index in [4.69, 9.17) is 11.6 Å². The predicted molar refractivity (Wildman–Crippen MR) is 155 cm³/mol. The Kier molecular flexibility index (Phi) is 5.81. The van der Waals surface area contributed by atoms with E-state index in [2.05, 4.69) is 10.5 Å². The lowest BCUT2D eigenvalue weighted by molar-refractivity contribution is -0.385. The normalized spacial score (nSPS) is 23.5. The number of anilines is 1. The maximum atomic E-state index is 14.4. The van der Waals surface area contributed by atoms with Crippen molar-refractivity contribution in [1.29, 1.82) is 0 Å². The van der Waals surface area contributed by atoms with Gasteiger partial charge in [0, 0.05) is 18.2 Å². The van der Waals surface area contributed by atoms with E-state index in [0.717, 1.165) is 22.3 Å². The Hall–Kier alpha value is -5.15. The summed E-state index contributed by atoms with van der Waals surface area (Å²) in [5.74, 6) is -3.52. The van der Waals surface area contributed by atoms with Crippen LogP contribution in [0, 0.1) is 22.0 Å². The highest BCUT2D eigenvalue weighted by molar-refractivity contribution is 6.36. The average Bonchev–Trinajstić information content (AvgIpc) is 3.28. The van der Waals surface area contributed by atoms with E-state index in [-0.39, 0.29) is 28.1 Å². The van der Waals surface area contributed by atoms with Gasteiger partial charge in [0.2, 0.25) is 11.8 Å². The number of para-hydroxylation sites is 2. The van der Waals surface area contributed by atoms with E-state index < -0.39 is 34.0 Å². The van der Waals surface area contributed by atoms with E-state index >= 15 is 0 Å². The number of nitrogens with one attached hydrogen (secondary N) is 1. The Morgan fingerprint density at radius 1 is 0.881 bits per heavy atom. The minimum Gasteiger partial charge on any atom is -0.274 e. The number of hydrazone groups is 1. The first-order chi connectivity index (χ1) is 20.4. The van der Waals surface area contributed by atoms with Crippen molar-refractivity contribution < 1.29 is 19.3 Å². The third-order valence-electron chi connectivity index (χ3n) is 8.56. The first-order valence-electron chi connectivity index (χ1n) is 13.3. The smallest absolute Gasteiger partial charge is 0.274 e. The molecule has 0 radical (unpaired) electrons. The molecule has 4 aromatic carbocycles. The van der Waals surface area contributed by atoms with Gasteiger partial charge in [0.25, 0.3) is 11.6 Å². The summed E-state index contributed by atoms with van der Waals surface area (Å²) in [5, 5.41) is 16.1. The number of imide groups is 1. The Balaban J connectivity index is 1.40. The van der Waals surface area contributed by atoms with Gasteiger partial charge in [0.1, 0.15) is 5.56 Å². The zero-order valence-corrected chi connectivity index (χ0v) is 22.6. The van der Waals surface area contributed by atoms with Crippen molar-refractivity contribution in [1.82, 2.24) is 5.43 Å². The summed E-state index contributed by atoms with van der Waals surface area (Å²) in [6, 6.07) is 27.6. The largest absolute Gasteiger partial charge is 0.282 e. The van der Waals surface area contributed by atoms with Crippen molar-refractivity contribution in [2.75, 3.05) is 4.90 Å². The van der Waals surface area contributed by atoms with Crippen molar-refractivity contribution >= 4 is 46.9 Å². The number of nitro groups is 1. The number of nitrogens with zero attached hydrogens (tertiary/aromatic N) is 3. The first-order valence-corrected chi connectivity index (χ1v) is 13.6. The molecule has 2 bridgehead atoms. The third kappa shape index (κ3) is 3.43. The molecule has 8 rings (SSSR count). The van der Waals surface area contributed by atoms with Crippen LogP contribution in [0.15, 0.2) is 102 Å². The maximum Gasteiger partial charge on any atom is 0.282 e. The lowest BCUT2D eigenvalue weighted by Crippen LogP contribution is -2.54. The molecule has 3 amide bonds. The molecule has 1 aliphatic heterocycles. The van der Waals surface area contributed by atoms with Gasteiger partial charge in [-0.3, -0.25) is 24.5 Å². The van der Waals surface area contributed by atoms with Crippen LogP contribution in [-0.4, -0.2) is 28.9 Å². The monoisotopic (exact) mass is 576 g/mol. The number of carbonyl (C=O) groups is 3. The van der Waals surface area contributed by atoms with Gasteiger partial charge in [-0.2, -0.15) is 5.10 Å². The van der Waals surface area contributed by atoms with Crippen LogP contribution in [0.2, 0.25) is 5.02 Å². The van der Waals surface area contributed by atoms with Crippen molar-refractivity contribution in [3.8, 4) is 0 Å². The summed E-state index contributed by atoms with van der Waals surface area (Å²) in [4.78, 5) is 53.7. The second-order valence-corrected chi connectivity index (χ2v) is 10.9. The zero-order valence-electron chi connectivity index (χ0n) is 21.8. The van der Waals surface area contributed by atoms with E-state index in [0.29, 0.717) is 5.69 Å². The molecule has 1 fully saturated rings. The van der Waals surface area contributed by atoms with Crippen LogP contribution in [0.1, 0.15) is 38.5 Å². The Morgan fingerprint density at radius 2 is 1.48 bits per heavy atom. The number of hydrogen-bond donors (Lipinski definition) is 1. The lowest BCUT2D eigenvalue weighted by Gasteiger charge is -2.52. The lowest BCUT2D eigenvalue weighted by atomic mass is 9.47. The van der Waals surface area contributed by atoms with Gasteiger partial charge in [-0.15, -0.1) is 0 Å². The molecule has 1 heterocycles. The van der Waals surface area contributed by atoms with E-state index in [1.54, 1.807) is 24.3 Å². The molecule has 0 unspecified atom stereocenters. The summed E-state index contributed by atoms with van der Waals surface area (Å²) >= 11 is 6.48. The Labute approximate surface area is 244 Å². The van der Waals surface area contributed by atoms with E-state index in [1.165, 1.54) is 35.4 Å². The molecule has 10 heteroatoms. The van der Waals surface area contributed by atoms with Gasteiger partial charge >= 0.3 is 0 Å². The molecule has 0 saturated carbocycles. The van der Waals surface area contributed by atoms with Crippen LogP contribution in [0.3, 0.4) is 0 Å². The minimum absolute atomic E-state index is 0.153. The SMILES string of the molecule is O=C(N/N=C\C12c3ccccc3C(c3ccccc31)[C@H]1C(=O)N(c3ccccc3Cl)C(=O)[C@H]12)c1ccccc1[N+](=O)[O-]. The van der Waals surface area contributed by atoms with Crippen molar-refractivity contribution in [3.05, 3.63) is 140 Å². The molecule has 2 atom stereocenters. The van der Waals surface area contributed by atoms with Crippen LogP contribution >= 0.6 is 11.6 Å². The quantitative estimate of drug-likeness (QED) is 0.151. The van der Waals surface area contributed by atoms with Crippen LogP contribution in [0.25, 0.3) is 0 Å². The molecule has 42 heavy (non-hydrogen) atoms. The fourth-order valence-corrected chi connectivity index (χ4v) is 7.22. The molecular formula is C32H21ClN4O5. The molecule has 1 N–H and O–H groups in total. The molecule has 0 spiro atoms. The van der Waals surface area contributed by atoms with Gasteiger partial charge in [0.15, 0.2) is 0 Å². The third-order valence-corrected chi connectivity index (χ3v) is 8.88. The highest BCUT2D eigenvalue weighted by atomic mass is 35.5. The Bertz CT molecular complexity index is 1820. The summed E-state index contributed by atoms with van der Waals surface area (Å²) in [6.45, 7) is 0. The number of halogens is 1. The number of nitro benzene ring substituents is 1. The first kappa shape index (κ1) is 25.8. The maximum absolute atomic E-state index is 14.4. The standard InChI is InChI=1S/C32H21ClN4O5/c33-23-14-6-8-16-25(23)36-30(39)27-26-18-9-1-4-12-21(18)32(28(27)31(36)40,22-13-5-2-10-19(22)26)17-34-35-29(38)20-11-3-7-15-24(20)37(41)42/h1-17,26-28H,(H,35,38)/b34-17-/t26?,27-,28+,32?/m1/s1. The zero-order chi connectivity index (χ0) is 29.2. The molecule has 4 aliphatic rings. The summed E-state index contributed by atoms with van der Waals surface area (Å²) < 4.78 is 0.